The average molecular weight is 401 g/mol. The summed E-state index contributed by atoms with van der Waals surface area (Å²) in [6.07, 6.45) is 0. The third-order valence-corrected chi connectivity index (χ3v) is 6.06. The summed E-state index contributed by atoms with van der Waals surface area (Å²) in [6, 6.07) is 10.5. The predicted octanol–water partition coefficient (Wildman–Crippen LogP) is 3.73. The second kappa shape index (κ2) is 7.74. The fourth-order valence-corrected chi connectivity index (χ4v) is 3.67. The van der Waals surface area contributed by atoms with E-state index in [9.17, 15) is 13.2 Å². The van der Waals surface area contributed by atoms with Crippen molar-refractivity contribution < 1.29 is 13.2 Å². The molecule has 0 aliphatic carbocycles. The molecule has 0 aliphatic heterocycles. The third-order valence-electron chi connectivity index (χ3n) is 3.67. The number of hydrogen-bond donors (Lipinski definition) is 1. The van der Waals surface area contributed by atoms with Crippen molar-refractivity contribution >= 4 is 39.1 Å². The number of rotatable bonds is 5. The number of halogens is 2. The number of carbonyl (C=O) groups is 1. The molecule has 0 radical (unpaired) electrons. The van der Waals surface area contributed by atoms with Crippen LogP contribution in [0.5, 0.6) is 0 Å². The summed E-state index contributed by atoms with van der Waals surface area (Å²) in [6.45, 7) is 1.80. The van der Waals surface area contributed by atoms with Crippen molar-refractivity contribution in [3.05, 3.63) is 63.6 Å². The molecule has 0 aromatic heterocycles. The summed E-state index contributed by atoms with van der Waals surface area (Å²) in [5, 5.41) is 3.81. The van der Waals surface area contributed by atoms with Gasteiger partial charge in [0.25, 0.3) is 5.91 Å². The van der Waals surface area contributed by atoms with Gasteiger partial charge in [0.2, 0.25) is 10.0 Å². The van der Waals surface area contributed by atoms with E-state index < -0.39 is 10.0 Å². The molecule has 25 heavy (non-hydrogen) atoms. The van der Waals surface area contributed by atoms with Crippen LogP contribution in [0.2, 0.25) is 10.0 Å². The lowest BCUT2D eigenvalue weighted by Crippen LogP contribution is -2.27. The Labute approximate surface area is 157 Å². The first-order chi connectivity index (χ1) is 11.6. The topological polar surface area (TPSA) is 66.5 Å². The van der Waals surface area contributed by atoms with Crippen LogP contribution in [-0.4, -0.2) is 32.7 Å². The van der Waals surface area contributed by atoms with Gasteiger partial charge in [-0.2, -0.15) is 0 Å². The van der Waals surface area contributed by atoms with Crippen LogP contribution >= 0.6 is 23.2 Å². The first kappa shape index (κ1) is 19.7. The van der Waals surface area contributed by atoms with Gasteiger partial charge in [-0.15, -0.1) is 0 Å². The zero-order chi connectivity index (χ0) is 18.8. The van der Waals surface area contributed by atoms with Gasteiger partial charge >= 0.3 is 0 Å². The highest BCUT2D eigenvalue weighted by atomic mass is 35.5. The van der Waals surface area contributed by atoms with E-state index in [1.165, 1.54) is 38.4 Å². The molecular formula is C17H18Cl2N2O3S. The Bertz CT molecular complexity index is 881. The number of hydrogen-bond acceptors (Lipinski definition) is 3. The van der Waals surface area contributed by atoms with Crippen molar-refractivity contribution in [1.82, 2.24) is 9.62 Å². The minimum absolute atomic E-state index is 0.128. The lowest BCUT2D eigenvalue weighted by molar-refractivity contribution is 0.0940. The number of carbonyl (C=O) groups excluding carboxylic acids is 1. The largest absolute Gasteiger partial charge is 0.345 e. The van der Waals surface area contributed by atoms with E-state index in [0.29, 0.717) is 15.6 Å². The molecule has 0 saturated heterocycles. The van der Waals surface area contributed by atoms with Gasteiger partial charge in [0.1, 0.15) is 0 Å². The van der Waals surface area contributed by atoms with Crippen LogP contribution in [0, 0.1) is 0 Å². The maximum Gasteiger partial charge on any atom is 0.251 e. The predicted molar refractivity (Wildman–Crippen MR) is 99.7 cm³/mol. The molecule has 2 aromatic rings. The van der Waals surface area contributed by atoms with E-state index in [0.717, 1.165) is 9.87 Å². The number of amides is 1. The highest BCUT2D eigenvalue weighted by Gasteiger charge is 2.18. The summed E-state index contributed by atoms with van der Waals surface area (Å²) in [5.74, 6) is -0.327. The SMILES string of the molecule is C[C@H](NC(=O)c1ccc(S(=O)(=O)N(C)C)cc1)c1ccc(Cl)cc1Cl. The van der Waals surface area contributed by atoms with Crippen LogP contribution in [-0.2, 0) is 10.0 Å². The fraction of sp³-hybridized carbons (Fsp3) is 0.235. The number of benzene rings is 2. The molecule has 0 bridgehead atoms. The van der Waals surface area contributed by atoms with Gasteiger partial charge in [-0.25, -0.2) is 12.7 Å². The average Bonchev–Trinajstić information content (AvgIpc) is 2.54. The van der Waals surface area contributed by atoms with Crippen LogP contribution in [0.4, 0.5) is 0 Å². The number of nitrogens with one attached hydrogen (secondary N) is 1. The Hall–Kier alpha value is -1.60. The van der Waals surface area contributed by atoms with E-state index in [1.807, 2.05) is 0 Å². The molecule has 134 valence electrons. The Morgan fingerprint density at radius 3 is 2.20 bits per heavy atom. The summed E-state index contributed by atoms with van der Waals surface area (Å²) in [7, 11) is -0.620. The van der Waals surface area contributed by atoms with Crippen LogP contribution < -0.4 is 5.32 Å². The molecule has 0 heterocycles. The summed E-state index contributed by atoms with van der Waals surface area (Å²) in [5.41, 5.74) is 1.10. The number of nitrogens with zero attached hydrogens (tertiary/aromatic N) is 1. The molecule has 0 unspecified atom stereocenters. The van der Waals surface area contributed by atoms with Crippen molar-refractivity contribution in [2.75, 3.05) is 14.1 Å². The van der Waals surface area contributed by atoms with Gasteiger partial charge in [-0.05, 0) is 48.9 Å². The molecule has 1 amide bonds. The van der Waals surface area contributed by atoms with Crippen LogP contribution in [0.1, 0.15) is 28.9 Å². The Morgan fingerprint density at radius 1 is 1.08 bits per heavy atom. The van der Waals surface area contributed by atoms with E-state index in [4.69, 9.17) is 23.2 Å². The van der Waals surface area contributed by atoms with Crippen molar-refractivity contribution in [2.24, 2.45) is 0 Å². The van der Waals surface area contributed by atoms with Crippen LogP contribution in [0.15, 0.2) is 47.4 Å². The summed E-state index contributed by atoms with van der Waals surface area (Å²) < 4.78 is 25.2. The Morgan fingerprint density at radius 2 is 1.68 bits per heavy atom. The molecule has 1 atom stereocenters. The van der Waals surface area contributed by atoms with E-state index in [1.54, 1.807) is 25.1 Å². The quantitative estimate of drug-likeness (QED) is 0.830. The highest BCUT2D eigenvalue weighted by Crippen LogP contribution is 2.26. The standard InChI is InChI=1S/C17H18Cl2N2O3S/c1-11(15-9-6-13(18)10-16(15)19)20-17(22)12-4-7-14(8-5-12)25(23,24)21(2)3/h4-11H,1-3H3,(H,20,22)/t11-/m0/s1. The van der Waals surface area contributed by atoms with Gasteiger partial charge < -0.3 is 5.32 Å². The van der Waals surface area contributed by atoms with Gasteiger partial charge in [0.05, 0.1) is 10.9 Å². The van der Waals surface area contributed by atoms with Crippen molar-refractivity contribution in [1.29, 1.82) is 0 Å². The molecular weight excluding hydrogens is 383 g/mol. The molecule has 0 aliphatic rings. The van der Waals surface area contributed by atoms with Crippen molar-refractivity contribution in [3.8, 4) is 0 Å². The smallest absolute Gasteiger partial charge is 0.251 e. The zero-order valence-corrected chi connectivity index (χ0v) is 16.3. The summed E-state index contributed by atoms with van der Waals surface area (Å²) in [4.78, 5) is 12.5. The summed E-state index contributed by atoms with van der Waals surface area (Å²) >= 11 is 12.0. The molecule has 8 heteroatoms. The molecule has 0 saturated carbocycles. The minimum Gasteiger partial charge on any atom is -0.345 e. The second-order valence-corrected chi connectivity index (χ2v) is 8.67. The molecule has 0 fully saturated rings. The van der Waals surface area contributed by atoms with E-state index >= 15 is 0 Å². The molecule has 1 N–H and O–H groups in total. The van der Waals surface area contributed by atoms with Crippen molar-refractivity contribution in [3.63, 3.8) is 0 Å². The lowest BCUT2D eigenvalue weighted by atomic mass is 10.1. The minimum atomic E-state index is -3.52. The molecule has 2 aromatic carbocycles. The maximum absolute atomic E-state index is 12.4. The molecule has 2 rings (SSSR count). The van der Waals surface area contributed by atoms with Gasteiger partial charge in [0, 0.05) is 29.7 Å². The van der Waals surface area contributed by atoms with E-state index in [2.05, 4.69) is 5.32 Å². The Balaban J connectivity index is 2.16. The maximum atomic E-state index is 12.4. The Kier molecular flexibility index (Phi) is 6.11. The molecule has 0 spiro atoms. The van der Waals surface area contributed by atoms with Crippen LogP contribution in [0.3, 0.4) is 0 Å². The monoisotopic (exact) mass is 400 g/mol. The zero-order valence-electron chi connectivity index (χ0n) is 14.0. The fourth-order valence-electron chi connectivity index (χ4n) is 2.20. The van der Waals surface area contributed by atoms with Gasteiger partial charge in [0.15, 0.2) is 0 Å². The normalized spacial score (nSPS) is 12.9. The van der Waals surface area contributed by atoms with Gasteiger partial charge in [-0.3, -0.25) is 4.79 Å². The number of sulfonamides is 1. The third kappa shape index (κ3) is 4.52. The van der Waals surface area contributed by atoms with Gasteiger partial charge in [-0.1, -0.05) is 29.3 Å². The lowest BCUT2D eigenvalue weighted by Gasteiger charge is -2.16. The second-order valence-electron chi connectivity index (χ2n) is 5.67. The van der Waals surface area contributed by atoms with Crippen LogP contribution in [0.25, 0.3) is 0 Å². The first-order valence-electron chi connectivity index (χ1n) is 7.41. The first-order valence-corrected chi connectivity index (χ1v) is 9.61. The molecule has 5 nitrogen and oxygen atoms in total. The van der Waals surface area contributed by atoms with Crippen molar-refractivity contribution in [2.45, 2.75) is 17.9 Å². The highest BCUT2D eigenvalue weighted by molar-refractivity contribution is 7.89. The van der Waals surface area contributed by atoms with E-state index in [-0.39, 0.29) is 16.8 Å².